The van der Waals surface area contributed by atoms with Crippen molar-refractivity contribution in [3.63, 3.8) is 0 Å². The van der Waals surface area contributed by atoms with Crippen molar-refractivity contribution in [1.82, 2.24) is 4.72 Å². The molecule has 0 aromatic heterocycles. The molecule has 0 aliphatic heterocycles. The maximum absolute atomic E-state index is 12.9. The molecule has 0 amide bonds. The van der Waals surface area contributed by atoms with E-state index in [4.69, 9.17) is 4.74 Å². The lowest BCUT2D eigenvalue weighted by Gasteiger charge is -2.38. The van der Waals surface area contributed by atoms with Gasteiger partial charge in [0.1, 0.15) is 6.10 Å². The predicted molar refractivity (Wildman–Crippen MR) is 111 cm³/mol. The Labute approximate surface area is 164 Å². The van der Waals surface area contributed by atoms with Gasteiger partial charge in [-0.3, -0.25) is 0 Å². The van der Waals surface area contributed by atoms with E-state index < -0.39 is 33.3 Å². The average Bonchev–Trinajstić information content (AvgIpc) is 2.66. The van der Waals surface area contributed by atoms with Crippen molar-refractivity contribution in [1.29, 1.82) is 0 Å². The molecule has 1 N–H and O–H groups in total. The van der Waals surface area contributed by atoms with E-state index in [1.807, 2.05) is 64.1 Å². The average molecular weight is 386 g/mol. The molecule has 144 valence electrons. The SMILES string of the molecule is C=CC(OC(=O)c1ccccc1)C(C)(NS(=O)C(C)(C)C)c1ccccc1. The number of rotatable bonds is 7. The molecule has 0 aliphatic rings. The molecular weight excluding hydrogens is 358 g/mol. The smallest absolute Gasteiger partial charge is 0.338 e. The summed E-state index contributed by atoms with van der Waals surface area (Å²) in [6.45, 7) is 11.4. The van der Waals surface area contributed by atoms with Crippen LogP contribution < -0.4 is 4.72 Å². The predicted octanol–water partition coefficient (Wildman–Crippen LogP) is 4.37. The van der Waals surface area contributed by atoms with Gasteiger partial charge in [0.05, 0.1) is 26.8 Å². The molecular formula is C22H27NO3S. The third-order valence-electron chi connectivity index (χ3n) is 4.26. The van der Waals surface area contributed by atoms with Crippen LogP contribution in [0.1, 0.15) is 43.6 Å². The van der Waals surface area contributed by atoms with Crippen LogP contribution in [-0.4, -0.2) is 21.0 Å². The number of carbonyl (C=O) groups is 1. The molecule has 0 aliphatic carbocycles. The zero-order valence-corrected chi connectivity index (χ0v) is 17.1. The molecule has 0 heterocycles. The summed E-state index contributed by atoms with van der Waals surface area (Å²) in [6.07, 6.45) is 0.847. The van der Waals surface area contributed by atoms with E-state index in [1.54, 1.807) is 30.3 Å². The van der Waals surface area contributed by atoms with E-state index in [0.717, 1.165) is 5.56 Å². The molecule has 27 heavy (non-hydrogen) atoms. The van der Waals surface area contributed by atoms with Gasteiger partial charge < -0.3 is 4.74 Å². The van der Waals surface area contributed by atoms with Gasteiger partial charge in [-0.05, 0) is 51.5 Å². The molecule has 2 aromatic carbocycles. The third-order valence-corrected chi connectivity index (χ3v) is 5.98. The number of carbonyl (C=O) groups excluding carboxylic acids is 1. The normalized spacial score (nSPS) is 16.0. The van der Waals surface area contributed by atoms with E-state index >= 15 is 0 Å². The molecule has 3 atom stereocenters. The molecule has 0 spiro atoms. The molecule has 0 radical (unpaired) electrons. The highest BCUT2D eigenvalue weighted by molar-refractivity contribution is 7.84. The lowest BCUT2D eigenvalue weighted by Crippen LogP contribution is -2.53. The van der Waals surface area contributed by atoms with Gasteiger partial charge in [-0.1, -0.05) is 55.1 Å². The van der Waals surface area contributed by atoms with Gasteiger partial charge in [0.15, 0.2) is 0 Å². The summed E-state index contributed by atoms with van der Waals surface area (Å²) in [5, 5.41) is 0. The number of hydrogen-bond donors (Lipinski definition) is 1. The minimum atomic E-state index is -1.38. The van der Waals surface area contributed by atoms with Gasteiger partial charge in [-0.2, -0.15) is 0 Å². The summed E-state index contributed by atoms with van der Waals surface area (Å²) in [5.41, 5.74) is 0.399. The first-order chi connectivity index (χ1) is 12.7. The lowest BCUT2D eigenvalue weighted by atomic mass is 9.87. The van der Waals surface area contributed by atoms with Crippen molar-refractivity contribution in [2.45, 2.75) is 44.1 Å². The zero-order valence-electron chi connectivity index (χ0n) is 16.3. The van der Waals surface area contributed by atoms with Gasteiger partial charge in [-0.15, -0.1) is 0 Å². The van der Waals surface area contributed by atoms with Crippen molar-refractivity contribution in [3.05, 3.63) is 84.4 Å². The molecule has 0 fully saturated rings. The fourth-order valence-corrected chi connectivity index (χ4v) is 3.50. The second-order valence-corrected chi connectivity index (χ2v) is 9.45. The Morgan fingerprint density at radius 1 is 1.04 bits per heavy atom. The van der Waals surface area contributed by atoms with Gasteiger partial charge in [0.2, 0.25) is 0 Å². The van der Waals surface area contributed by atoms with Crippen LogP contribution in [0.3, 0.4) is 0 Å². The number of hydrogen-bond acceptors (Lipinski definition) is 3. The van der Waals surface area contributed by atoms with E-state index in [-0.39, 0.29) is 0 Å². The van der Waals surface area contributed by atoms with Crippen LogP contribution in [0.15, 0.2) is 73.3 Å². The molecule has 0 saturated carbocycles. The van der Waals surface area contributed by atoms with Crippen LogP contribution in [-0.2, 0) is 21.3 Å². The number of ether oxygens (including phenoxy) is 1. The molecule has 2 rings (SSSR count). The largest absolute Gasteiger partial charge is 0.452 e. The summed E-state index contributed by atoms with van der Waals surface area (Å²) in [7, 11) is -1.38. The second-order valence-electron chi connectivity index (χ2n) is 7.48. The number of nitrogens with one attached hydrogen (secondary N) is 1. The van der Waals surface area contributed by atoms with Crippen molar-refractivity contribution in [3.8, 4) is 0 Å². The topological polar surface area (TPSA) is 55.4 Å². The minimum absolute atomic E-state index is 0.453. The standard InChI is InChI=1S/C22H27NO3S/c1-6-19(26-20(24)17-13-9-7-10-14-17)22(5,18-15-11-8-12-16-18)23-27(25)21(2,3)4/h6-16,19,23H,1H2,2-5H3. The van der Waals surface area contributed by atoms with E-state index in [9.17, 15) is 9.00 Å². The molecule has 5 heteroatoms. The molecule has 0 saturated heterocycles. The van der Waals surface area contributed by atoms with Crippen LogP contribution in [0, 0.1) is 0 Å². The van der Waals surface area contributed by atoms with E-state index in [2.05, 4.69) is 11.3 Å². The summed E-state index contributed by atoms with van der Waals surface area (Å²) in [6, 6.07) is 18.3. The Morgan fingerprint density at radius 2 is 1.56 bits per heavy atom. The second kappa shape index (κ2) is 8.63. The first-order valence-electron chi connectivity index (χ1n) is 8.82. The fourth-order valence-electron chi connectivity index (χ4n) is 2.57. The van der Waals surface area contributed by atoms with Crippen molar-refractivity contribution in [2.24, 2.45) is 0 Å². The monoisotopic (exact) mass is 385 g/mol. The maximum Gasteiger partial charge on any atom is 0.338 e. The van der Waals surface area contributed by atoms with Gasteiger partial charge in [-0.25, -0.2) is 13.7 Å². The number of benzene rings is 2. The Kier molecular flexibility index (Phi) is 6.73. The van der Waals surface area contributed by atoms with Crippen molar-refractivity contribution >= 4 is 17.0 Å². The van der Waals surface area contributed by atoms with Crippen LogP contribution in [0.5, 0.6) is 0 Å². The van der Waals surface area contributed by atoms with Crippen molar-refractivity contribution in [2.75, 3.05) is 0 Å². The van der Waals surface area contributed by atoms with E-state index in [0.29, 0.717) is 5.56 Å². The first kappa shape index (κ1) is 21.1. The van der Waals surface area contributed by atoms with Gasteiger partial charge in [0.25, 0.3) is 0 Å². The Balaban J connectivity index is 2.39. The van der Waals surface area contributed by atoms with E-state index in [1.165, 1.54) is 0 Å². The lowest BCUT2D eigenvalue weighted by molar-refractivity contribution is 0.0213. The van der Waals surface area contributed by atoms with Crippen LogP contribution in [0.25, 0.3) is 0 Å². The zero-order chi connectivity index (χ0) is 20.1. The molecule has 4 nitrogen and oxygen atoms in total. The summed E-state index contributed by atoms with van der Waals surface area (Å²) >= 11 is 0. The minimum Gasteiger partial charge on any atom is -0.452 e. The molecule has 3 unspecified atom stereocenters. The molecule has 0 bridgehead atoms. The molecule has 2 aromatic rings. The highest BCUT2D eigenvalue weighted by atomic mass is 32.2. The van der Waals surface area contributed by atoms with Crippen LogP contribution >= 0.6 is 0 Å². The van der Waals surface area contributed by atoms with Gasteiger partial charge >= 0.3 is 5.97 Å². The fraction of sp³-hybridized carbons (Fsp3) is 0.318. The highest BCUT2D eigenvalue weighted by Crippen LogP contribution is 2.30. The summed E-state index contributed by atoms with van der Waals surface area (Å²) < 4.78 is 21.3. The maximum atomic E-state index is 12.9. The number of esters is 1. The van der Waals surface area contributed by atoms with Crippen LogP contribution in [0.2, 0.25) is 0 Å². The van der Waals surface area contributed by atoms with Gasteiger partial charge in [0, 0.05) is 0 Å². The summed E-state index contributed by atoms with van der Waals surface area (Å²) in [4.78, 5) is 12.6. The Morgan fingerprint density at radius 3 is 2.04 bits per heavy atom. The summed E-state index contributed by atoms with van der Waals surface area (Å²) in [5.74, 6) is -0.453. The van der Waals surface area contributed by atoms with Crippen molar-refractivity contribution < 1.29 is 13.7 Å². The highest BCUT2D eigenvalue weighted by Gasteiger charge is 2.40. The van der Waals surface area contributed by atoms with Crippen LogP contribution in [0.4, 0.5) is 0 Å². The third kappa shape index (κ3) is 5.15. The quantitative estimate of drug-likeness (QED) is 0.569. The Hall–Kier alpha value is -2.24. The first-order valence-corrected chi connectivity index (χ1v) is 9.97. The Bertz CT molecular complexity index is 799.